The van der Waals surface area contributed by atoms with Crippen molar-refractivity contribution in [2.75, 3.05) is 0 Å². The summed E-state index contributed by atoms with van der Waals surface area (Å²) >= 11 is 0. The SMILES string of the molecule is CCCCCCCCCCCCCc1cccc(Oc2cccc(CCCCCCCCCCCCC)c2CCCCCCCCCCCCC)c1CCCCCCCCCCCCC. The van der Waals surface area contributed by atoms with Crippen LogP contribution in [0, 0.1) is 0 Å². The highest BCUT2D eigenvalue weighted by Gasteiger charge is 2.15. The van der Waals surface area contributed by atoms with Gasteiger partial charge < -0.3 is 4.74 Å². The Hall–Kier alpha value is -1.76. The molecule has 0 spiro atoms. The van der Waals surface area contributed by atoms with Crippen molar-refractivity contribution in [3.05, 3.63) is 58.7 Å². The van der Waals surface area contributed by atoms with Crippen LogP contribution in [0.25, 0.3) is 0 Å². The van der Waals surface area contributed by atoms with Crippen molar-refractivity contribution in [2.24, 2.45) is 0 Å². The van der Waals surface area contributed by atoms with Gasteiger partial charge >= 0.3 is 0 Å². The molecule has 0 amide bonds. The lowest BCUT2D eigenvalue weighted by Gasteiger charge is -2.20. The van der Waals surface area contributed by atoms with Crippen LogP contribution in [0.1, 0.15) is 332 Å². The third-order valence-corrected chi connectivity index (χ3v) is 14.8. The predicted molar refractivity (Wildman–Crippen MR) is 294 cm³/mol. The maximum Gasteiger partial charge on any atom is 0.130 e. The van der Waals surface area contributed by atoms with Crippen molar-refractivity contribution in [2.45, 2.75) is 336 Å². The first-order chi connectivity index (χ1) is 32.2. The molecule has 65 heavy (non-hydrogen) atoms. The van der Waals surface area contributed by atoms with Crippen LogP contribution in [0.5, 0.6) is 11.5 Å². The van der Waals surface area contributed by atoms with Gasteiger partial charge in [-0.05, 0) is 85.8 Å². The van der Waals surface area contributed by atoms with E-state index in [1.807, 2.05) is 0 Å². The summed E-state index contributed by atoms with van der Waals surface area (Å²) in [5.74, 6) is 2.31. The fraction of sp³-hybridized carbons (Fsp3) is 0.812. The minimum Gasteiger partial charge on any atom is -0.457 e. The fourth-order valence-corrected chi connectivity index (χ4v) is 10.5. The molecule has 0 heterocycles. The summed E-state index contributed by atoms with van der Waals surface area (Å²) in [5, 5.41) is 0. The Labute approximate surface area is 409 Å². The number of hydrogen-bond acceptors (Lipinski definition) is 1. The van der Waals surface area contributed by atoms with Gasteiger partial charge in [-0.3, -0.25) is 0 Å². The molecule has 0 aromatic heterocycles. The maximum absolute atomic E-state index is 7.24. The van der Waals surface area contributed by atoms with Gasteiger partial charge in [-0.1, -0.05) is 309 Å². The predicted octanol–water partition coefficient (Wildman–Crippen LogP) is 22.9. The Kier molecular flexibility index (Phi) is 42.0. The summed E-state index contributed by atoms with van der Waals surface area (Å²) in [7, 11) is 0. The minimum atomic E-state index is 1.16. The molecule has 0 radical (unpaired) electrons. The van der Waals surface area contributed by atoms with Gasteiger partial charge in [0.25, 0.3) is 0 Å². The Morgan fingerprint density at radius 2 is 0.431 bits per heavy atom. The second-order valence-electron chi connectivity index (χ2n) is 21.0. The van der Waals surface area contributed by atoms with E-state index in [0.717, 1.165) is 24.3 Å². The van der Waals surface area contributed by atoms with Crippen molar-refractivity contribution in [1.82, 2.24) is 0 Å². The molecule has 1 heteroatoms. The largest absolute Gasteiger partial charge is 0.457 e. The molecule has 2 rings (SSSR count). The van der Waals surface area contributed by atoms with Gasteiger partial charge in [-0.25, -0.2) is 0 Å². The molecule has 0 N–H and O–H groups in total. The topological polar surface area (TPSA) is 9.23 Å². The van der Waals surface area contributed by atoms with Gasteiger partial charge in [0.15, 0.2) is 0 Å². The maximum atomic E-state index is 7.24. The second kappa shape index (κ2) is 46.0. The Balaban J connectivity index is 2.08. The van der Waals surface area contributed by atoms with E-state index >= 15 is 0 Å². The van der Waals surface area contributed by atoms with Gasteiger partial charge in [-0.15, -0.1) is 0 Å². The fourth-order valence-electron chi connectivity index (χ4n) is 10.5. The summed E-state index contributed by atoms with van der Waals surface area (Å²) in [5.41, 5.74) is 6.17. The molecule has 0 unspecified atom stereocenters. The van der Waals surface area contributed by atoms with Crippen LogP contribution in [-0.4, -0.2) is 0 Å². The van der Waals surface area contributed by atoms with E-state index in [2.05, 4.69) is 64.1 Å². The highest BCUT2D eigenvalue weighted by Crippen LogP contribution is 2.35. The molecule has 0 fully saturated rings. The van der Waals surface area contributed by atoms with Crippen LogP contribution >= 0.6 is 0 Å². The number of rotatable bonds is 50. The number of benzene rings is 2. The van der Waals surface area contributed by atoms with E-state index < -0.39 is 0 Å². The standard InChI is InChI=1S/C64H114O/c1-5-9-13-17-21-25-29-33-37-41-45-51-59-53-49-57-63(61(59)55-47-43-39-35-31-27-23-19-15-11-7-3)65-64-58-50-54-60(52-46-42-38-34-30-26-22-18-14-10-6-2)62(64)56-48-44-40-36-32-28-24-20-16-12-8-4/h49-50,53-54,57-58H,5-48,51-52,55-56H2,1-4H3. The normalized spacial score (nSPS) is 11.6. The third kappa shape index (κ3) is 33.4. The zero-order valence-corrected chi connectivity index (χ0v) is 44.8. The van der Waals surface area contributed by atoms with E-state index in [-0.39, 0.29) is 0 Å². The van der Waals surface area contributed by atoms with Gasteiger partial charge in [0.1, 0.15) is 11.5 Å². The van der Waals surface area contributed by atoms with Crippen molar-refractivity contribution in [3.63, 3.8) is 0 Å². The number of aryl methyl sites for hydroxylation is 2. The Morgan fingerprint density at radius 1 is 0.231 bits per heavy atom. The number of unbranched alkanes of at least 4 members (excludes halogenated alkanes) is 40. The zero-order chi connectivity index (χ0) is 46.4. The monoisotopic (exact) mass is 899 g/mol. The first-order valence-corrected chi connectivity index (χ1v) is 30.1. The summed E-state index contributed by atoms with van der Waals surface area (Å²) in [4.78, 5) is 0. The van der Waals surface area contributed by atoms with Crippen LogP contribution in [0.2, 0.25) is 0 Å². The van der Waals surface area contributed by atoms with E-state index in [9.17, 15) is 0 Å². The average molecular weight is 900 g/mol. The molecular formula is C64H114O. The average Bonchev–Trinajstić information content (AvgIpc) is 3.32. The number of ether oxygens (including phenoxy) is 1. The van der Waals surface area contributed by atoms with Gasteiger partial charge in [-0.2, -0.15) is 0 Å². The van der Waals surface area contributed by atoms with E-state index in [4.69, 9.17) is 4.74 Å². The minimum absolute atomic E-state index is 1.16. The molecule has 0 aliphatic heterocycles. The lowest BCUT2D eigenvalue weighted by molar-refractivity contribution is 0.462. The first kappa shape index (κ1) is 59.4. The van der Waals surface area contributed by atoms with Crippen molar-refractivity contribution in [3.8, 4) is 11.5 Å². The van der Waals surface area contributed by atoms with Gasteiger partial charge in [0.05, 0.1) is 0 Å². The van der Waals surface area contributed by atoms with Crippen LogP contribution in [0.15, 0.2) is 36.4 Å². The van der Waals surface area contributed by atoms with Crippen molar-refractivity contribution < 1.29 is 4.74 Å². The highest BCUT2D eigenvalue weighted by atomic mass is 16.5. The molecular weight excluding hydrogens is 785 g/mol. The first-order valence-electron chi connectivity index (χ1n) is 30.1. The van der Waals surface area contributed by atoms with E-state index in [1.165, 1.54) is 306 Å². The summed E-state index contributed by atoms with van der Waals surface area (Å²) in [6.45, 7) is 9.28. The molecule has 0 saturated heterocycles. The molecule has 1 nitrogen and oxygen atoms in total. The summed E-state index contributed by atoms with van der Waals surface area (Å²) in [6, 6.07) is 14.2. The van der Waals surface area contributed by atoms with Crippen molar-refractivity contribution >= 4 is 0 Å². The van der Waals surface area contributed by atoms with Crippen LogP contribution in [0.3, 0.4) is 0 Å². The molecule has 0 saturated carbocycles. The lowest BCUT2D eigenvalue weighted by atomic mass is 9.94. The summed E-state index contributed by atoms with van der Waals surface area (Å²) < 4.78 is 7.24. The molecule has 376 valence electrons. The van der Waals surface area contributed by atoms with E-state index in [0.29, 0.717) is 0 Å². The highest BCUT2D eigenvalue weighted by molar-refractivity contribution is 5.47. The lowest BCUT2D eigenvalue weighted by Crippen LogP contribution is -2.03. The van der Waals surface area contributed by atoms with Crippen LogP contribution in [0.4, 0.5) is 0 Å². The Bertz CT molecular complexity index is 1180. The smallest absolute Gasteiger partial charge is 0.130 e. The molecule has 0 aliphatic carbocycles. The molecule has 0 aliphatic rings. The molecule has 2 aromatic carbocycles. The van der Waals surface area contributed by atoms with Gasteiger partial charge in [0, 0.05) is 0 Å². The third-order valence-electron chi connectivity index (χ3n) is 14.8. The van der Waals surface area contributed by atoms with Crippen molar-refractivity contribution in [1.29, 1.82) is 0 Å². The summed E-state index contributed by atoms with van der Waals surface area (Å²) in [6.07, 6.45) is 66.3. The molecule has 0 atom stereocenters. The molecule has 0 bridgehead atoms. The number of hydrogen-bond donors (Lipinski definition) is 0. The second-order valence-corrected chi connectivity index (χ2v) is 21.0. The zero-order valence-electron chi connectivity index (χ0n) is 44.8. The van der Waals surface area contributed by atoms with Gasteiger partial charge in [0.2, 0.25) is 0 Å². The van der Waals surface area contributed by atoms with Crippen LogP contribution < -0.4 is 4.74 Å². The molecule has 2 aromatic rings. The van der Waals surface area contributed by atoms with Crippen LogP contribution in [-0.2, 0) is 25.7 Å². The van der Waals surface area contributed by atoms with E-state index in [1.54, 1.807) is 11.1 Å². The Morgan fingerprint density at radius 3 is 0.662 bits per heavy atom. The quantitative estimate of drug-likeness (QED) is 0.0601.